The molecule has 0 saturated carbocycles. The fraction of sp³-hybridized carbons (Fsp3) is 0.455. The Balaban J connectivity index is 2.09. The van der Waals surface area contributed by atoms with Gasteiger partial charge >= 0.3 is 0 Å². The molecule has 1 amide bonds. The highest BCUT2D eigenvalue weighted by atomic mass is 79.9. The lowest BCUT2D eigenvalue weighted by Gasteiger charge is -2.03. The molecule has 1 rings (SSSR count). The average molecular weight is 318 g/mol. The smallest absolute Gasteiger partial charge is 0.233 e. The van der Waals surface area contributed by atoms with Gasteiger partial charge in [-0.2, -0.15) is 0 Å². The summed E-state index contributed by atoms with van der Waals surface area (Å²) < 4.78 is 1.03. The molecule has 0 aliphatic carbocycles. The zero-order valence-electron chi connectivity index (χ0n) is 9.49. The standard InChI is InChI=1S/C11H16BrN3OS/c12-9-5-4-7-14-11(9)17-8-3-1-2-6-10(16)15-13/h4-5,7H,1-3,6,8,13H2,(H,15,16). The summed E-state index contributed by atoms with van der Waals surface area (Å²) in [5.74, 6) is 5.91. The van der Waals surface area contributed by atoms with Gasteiger partial charge in [-0.25, -0.2) is 10.8 Å². The van der Waals surface area contributed by atoms with Crippen molar-refractivity contribution in [1.82, 2.24) is 10.4 Å². The Hall–Kier alpha value is -0.590. The molecule has 0 radical (unpaired) electrons. The Morgan fingerprint density at radius 1 is 1.47 bits per heavy atom. The summed E-state index contributed by atoms with van der Waals surface area (Å²) in [7, 11) is 0. The first-order chi connectivity index (χ1) is 8.24. The van der Waals surface area contributed by atoms with Gasteiger partial charge in [0.15, 0.2) is 0 Å². The van der Waals surface area contributed by atoms with E-state index >= 15 is 0 Å². The van der Waals surface area contributed by atoms with Crippen LogP contribution in [-0.4, -0.2) is 16.6 Å². The molecule has 94 valence electrons. The number of carbonyl (C=O) groups is 1. The van der Waals surface area contributed by atoms with Crippen molar-refractivity contribution in [3.8, 4) is 0 Å². The number of hydrogen-bond donors (Lipinski definition) is 2. The topological polar surface area (TPSA) is 68.0 Å². The van der Waals surface area contributed by atoms with Gasteiger partial charge in [-0.3, -0.25) is 10.2 Å². The van der Waals surface area contributed by atoms with Crippen LogP contribution in [0.25, 0.3) is 0 Å². The third-order valence-corrected chi connectivity index (χ3v) is 4.17. The van der Waals surface area contributed by atoms with Gasteiger partial charge in [0.1, 0.15) is 5.03 Å². The summed E-state index contributed by atoms with van der Waals surface area (Å²) in [6.07, 6.45) is 5.29. The maximum Gasteiger partial charge on any atom is 0.233 e. The number of nitrogens with one attached hydrogen (secondary N) is 1. The van der Waals surface area contributed by atoms with Gasteiger partial charge in [-0.1, -0.05) is 6.42 Å². The first-order valence-corrected chi connectivity index (χ1v) is 7.24. The van der Waals surface area contributed by atoms with E-state index in [0.29, 0.717) is 6.42 Å². The van der Waals surface area contributed by atoms with Gasteiger partial charge in [0.25, 0.3) is 0 Å². The SMILES string of the molecule is NNC(=O)CCCCCSc1ncccc1Br. The molecule has 0 atom stereocenters. The molecule has 1 aromatic heterocycles. The summed E-state index contributed by atoms with van der Waals surface area (Å²) in [5.41, 5.74) is 2.13. The highest BCUT2D eigenvalue weighted by Crippen LogP contribution is 2.25. The lowest BCUT2D eigenvalue weighted by atomic mass is 10.2. The van der Waals surface area contributed by atoms with E-state index in [-0.39, 0.29) is 5.91 Å². The molecule has 0 saturated heterocycles. The Morgan fingerprint density at radius 2 is 2.29 bits per heavy atom. The number of amides is 1. The van der Waals surface area contributed by atoms with Crippen LogP contribution in [0.5, 0.6) is 0 Å². The van der Waals surface area contributed by atoms with Crippen LogP contribution in [0.1, 0.15) is 25.7 Å². The van der Waals surface area contributed by atoms with E-state index in [2.05, 4.69) is 26.3 Å². The molecule has 0 bridgehead atoms. The van der Waals surface area contributed by atoms with Crippen molar-refractivity contribution in [3.63, 3.8) is 0 Å². The minimum absolute atomic E-state index is 0.0925. The van der Waals surface area contributed by atoms with E-state index in [0.717, 1.165) is 34.5 Å². The van der Waals surface area contributed by atoms with Crippen LogP contribution < -0.4 is 11.3 Å². The summed E-state index contributed by atoms with van der Waals surface area (Å²) in [4.78, 5) is 15.1. The Labute approximate surface area is 114 Å². The van der Waals surface area contributed by atoms with E-state index in [9.17, 15) is 4.79 Å². The summed E-state index contributed by atoms with van der Waals surface area (Å²) >= 11 is 5.19. The van der Waals surface area contributed by atoms with Crippen LogP contribution in [0.15, 0.2) is 27.8 Å². The van der Waals surface area contributed by atoms with Gasteiger partial charge in [-0.15, -0.1) is 11.8 Å². The number of carbonyl (C=O) groups excluding carboxylic acids is 1. The van der Waals surface area contributed by atoms with Crippen molar-refractivity contribution in [2.75, 3.05) is 5.75 Å². The lowest BCUT2D eigenvalue weighted by molar-refractivity contribution is -0.121. The summed E-state index contributed by atoms with van der Waals surface area (Å²) in [6.45, 7) is 0. The summed E-state index contributed by atoms with van der Waals surface area (Å²) in [6, 6.07) is 3.89. The predicted molar refractivity (Wildman–Crippen MR) is 73.5 cm³/mol. The number of hydrogen-bond acceptors (Lipinski definition) is 4. The van der Waals surface area contributed by atoms with E-state index in [1.165, 1.54) is 0 Å². The van der Waals surface area contributed by atoms with Crippen molar-refractivity contribution in [1.29, 1.82) is 0 Å². The number of nitrogens with zero attached hydrogens (tertiary/aromatic N) is 1. The third-order valence-electron chi connectivity index (χ3n) is 2.17. The largest absolute Gasteiger partial charge is 0.294 e. The van der Waals surface area contributed by atoms with E-state index < -0.39 is 0 Å². The van der Waals surface area contributed by atoms with Crippen molar-refractivity contribution in [3.05, 3.63) is 22.8 Å². The second-order valence-electron chi connectivity index (χ2n) is 3.52. The molecule has 3 N–H and O–H groups in total. The van der Waals surface area contributed by atoms with E-state index in [1.54, 1.807) is 18.0 Å². The van der Waals surface area contributed by atoms with E-state index in [1.807, 2.05) is 12.1 Å². The highest BCUT2D eigenvalue weighted by Gasteiger charge is 2.01. The van der Waals surface area contributed by atoms with E-state index in [4.69, 9.17) is 5.84 Å². The number of pyridine rings is 1. The molecule has 4 nitrogen and oxygen atoms in total. The van der Waals surface area contributed by atoms with Gasteiger partial charge in [0.05, 0.1) is 0 Å². The van der Waals surface area contributed by atoms with Crippen LogP contribution in [0.2, 0.25) is 0 Å². The minimum atomic E-state index is -0.0925. The van der Waals surface area contributed by atoms with Crippen LogP contribution in [0.3, 0.4) is 0 Å². The molecule has 6 heteroatoms. The second kappa shape index (κ2) is 8.49. The summed E-state index contributed by atoms with van der Waals surface area (Å²) in [5, 5.41) is 1.02. The normalized spacial score (nSPS) is 10.2. The molecule has 17 heavy (non-hydrogen) atoms. The monoisotopic (exact) mass is 317 g/mol. The van der Waals surface area contributed by atoms with Crippen LogP contribution in [0.4, 0.5) is 0 Å². The zero-order valence-corrected chi connectivity index (χ0v) is 11.9. The quantitative estimate of drug-likeness (QED) is 0.266. The number of nitrogens with two attached hydrogens (primary N) is 1. The molecule has 0 fully saturated rings. The number of hydrazine groups is 1. The number of halogens is 1. The Kier molecular flexibility index (Phi) is 7.23. The van der Waals surface area contributed by atoms with Crippen molar-refractivity contribution >= 4 is 33.6 Å². The Morgan fingerprint density at radius 3 is 3.00 bits per heavy atom. The molecule has 0 aromatic carbocycles. The van der Waals surface area contributed by atoms with Crippen LogP contribution in [0, 0.1) is 0 Å². The molecule has 0 aliphatic heterocycles. The number of unbranched alkanes of at least 4 members (excludes halogenated alkanes) is 2. The molecule has 0 spiro atoms. The first kappa shape index (κ1) is 14.5. The second-order valence-corrected chi connectivity index (χ2v) is 5.45. The van der Waals surface area contributed by atoms with Gasteiger partial charge < -0.3 is 0 Å². The van der Waals surface area contributed by atoms with Crippen molar-refractivity contribution in [2.24, 2.45) is 5.84 Å². The van der Waals surface area contributed by atoms with Gasteiger partial charge in [0.2, 0.25) is 5.91 Å². The van der Waals surface area contributed by atoms with Gasteiger partial charge in [-0.05, 0) is 46.7 Å². The number of thioether (sulfide) groups is 1. The van der Waals surface area contributed by atoms with Crippen molar-refractivity contribution < 1.29 is 4.79 Å². The maximum atomic E-state index is 10.9. The van der Waals surface area contributed by atoms with Crippen LogP contribution in [-0.2, 0) is 4.79 Å². The number of rotatable bonds is 7. The highest BCUT2D eigenvalue weighted by molar-refractivity contribution is 9.10. The lowest BCUT2D eigenvalue weighted by Crippen LogP contribution is -2.29. The molecular weight excluding hydrogens is 302 g/mol. The minimum Gasteiger partial charge on any atom is -0.294 e. The molecular formula is C11H16BrN3OS. The number of aromatic nitrogens is 1. The predicted octanol–water partition coefficient (Wildman–Crippen LogP) is 2.49. The molecule has 1 aromatic rings. The first-order valence-electron chi connectivity index (χ1n) is 5.47. The fourth-order valence-corrected chi connectivity index (χ4v) is 2.76. The third kappa shape index (κ3) is 6.05. The molecule has 0 unspecified atom stereocenters. The molecule has 0 aliphatic rings. The Bertz CT molecular complexity index is 362. The van der Waals surface area contributed by atoms with Gasteiger partial charge in [0, 0.05) is 17.1 Å². The maximum absolute atomic E-state index is 10.9. The van der Waals surface area contributed by atoms with Crippen molar-refractivity contribution in [2.45, 2.75) is 30.7 Å². The average Bonchev–Trinajstić information content (AvgIpc) is 2.35. The molecule has 1 heterocycles. The zero-order chi connectivity index (χ0) is 12.5. The van der Waals surface area contributed by atoms with Crippen LogP contribution >= 0.6 is 27.7 Å². The fourth-order valence-electron chi connectivity index (χ4n) is 1.28.